The summed E-state index contributed by atoms with van der Waals surface area (Å²) in [6, 6.07) is 0. The van der Waals surface area contributed by atoms with Crippen molar-refractivity contribution < 1.29 is 19.2 Å². The van der Waals surface area contributed by atoms with Gasteiger partial charge in [0.15, 0.2) is 22.8 Å². The molecule has 0 aliphatic heterocycles. The molecule has 82 valence electrons. The molecule has 0 amide bonds. The predicted octanol–water partition coefficient (Wildman–Crippen LogP) is 0.719. The Morgan fingerprint density at radius 2 is 1.60 bits per heavy atom. The lowest BCUT2D eigenvalue weighted by Gasteiger charge is -2.26. The van der Waals surface area contributed by atoms with E-state index in [1.54, 1.807) is 0 Å². The molecule has 4 nitrogen and oxygen atoms in total. The summed E-state index contributed by atoms with van der Waals surface area (Å²) in [5.41, 5.74) is -1.67. The van der Waals surface area contributed by atoms with Gasteiger partial charge in [0.1, 0.15) is 5.78 Å². The Morgan fingerprint density at radius 1 is 1.13 bits per heavy atom. The lowest BCUT2D eigenvalue weighted by Crippen LogP contribution is -2.47. The van der Waals surface area contributed by atoms with Crippen LogP contribution in [0.1, 0.15) is 33.6 Å². The summed E-state index contributed by atoms with van der Waals surface area (Å²) in [5, 5.41) is 0. The van der Waals surface area contributed by atoms with Crippen LogP contribution in [0.4, 0.5) is 0 Å². The Labute approximate surface area is 88.0 Å². The van der Waals surface area contributed by atoms with Crippen molar-refractivity contribution in [2.45, 2.75) is 33.6 Å². The van der Waals surface area contributed by atoms with E-state index in [0.29, 0.717) is 6.42 Å². The molecular formula is C11H14O4. The van der Waals surface area contributed by atoms with Gasteiger partial charge >= 0.3 is 0 Å². The van der Waals surface area contributed by atoms with Crippen molar-refractivity contribution in [2.24, 2.45) is 11.3 Å². The Morgan fingerprint density at radius 3 is 1.87 bits per heavy atom. The normalized spacial score (nSPS) is 23.9. The van der Waals surface area contributed by atoms with E-state index in [1.807, 2.05) is 0 Å². The second-order valence-corrected chi connectivity index (χ2v) is 4.05. The highest BCUT2D eigenvalue weighted by molar-refractivity contribution is 6.26. The van der Waals surface area contributed by atoms with E-state index in [9.17, 15) is 19.2 Å². The molecule has 0 bridgehead atoms. The van der Waals surface area contributed by atoms with Crippen molar-refractivity contribution in [3.8, 4) is 0 Å². The summed E-state index contributed by atoms with van der Waals surface area (Å²) in [6.07, 6.45) is 0.455. The Kier molecular flexibility index (Phi) is 2.88. The third-order valence-electron chi connectivity index (χ3n) is 3.22. The van der Waals surface area contributed by atoms with Crippen LogP contribution in [-0.4, -0.2) is 23.1 Å². The second kappa shape index (κ2) is 3.68. The molecule has 0 aromatic heterocycles. The molecule has 1 aliphatic rings. The molecule has 1 atom stereocenters. The number of carbonyl (C=O) groups is 4. The largest absolute Gasteiger partial charge is 0.300 e. The average Bonchev–Trinajstić information content (AvgIpc) is 2.43. The van der Waals surface area contributed by atoms with Crippen LogP contribution in [-0.2, 0) is 19.2 Å². The van der Waals surface area contributed by atoms with Gasteiger partial charge in [-0.3, -0.25) is 19.2 Å². The molecule has 1 rings (SSSR count). The van der Waals surface area contributed by atoms with Gasteiger partial charge in [0.05, 0.1) is 0 Å². The summed E-state index contributed by atoms with van der Waals surface area (Å²) < 4.78 is 0. The lowest BCUT2D eigenvalue weighted by molar-refractivity contribution is -0.151. The number of Topliss-reactive ketones (excluding diaryl/α,β-unsaturated/α-hetero) is 4. The smallest absolute Gasteiger partial charge is 0.154 e. The van der Waals surface area contributed by atoms with E-state index < -0.39 is 28.7 Å². The highest BCUT2D eigenvalue weighted by atomic mass is 16.2. The third kappa shape index (κ3) is 1.44. The number of ketones is 4. The van der Waals surface area contributed by atoms with Crippen molar-refractivity contribution in [1.82, 2.24) is 0 Å². The first-order chi connectivity index (χ1) is 6.85. The Balaban J connectivity index is 3.34. The fourth-order valence-corrected chi connectivity index (χ4v) is 2.52. The molecule has 1 fully saturated rings. The van der Waals surface area contributed by atoms with Gasteiger partial charge < -0.3 is 0 Å². The average molecular weight is 210 g/mol. The highest BCUT2D eigenvalue weighted by Crippen LogP contribution is 2.42. The minimum atomic E-state index is -1.67. The molecule has 4 heteroatoms. The molecule has 1 saturated carbocycles. The topological polar surface area (TPSA) is 68.3 Å². The molecule has 15 heavy (non-hydrogen) atoms. The van der Waals surface area contributed by atoms with Crippen LogP contribution in [0, 0.1) is 11.3 Å². The second-order valence-electron chi connectivity index (χ2n) is 4.05. The van der Waals surface area contributed by atoms with Gasteiger partial charge in [0.25, 0.3) is 0 Å². The Hall–Kier alpha value is -1.32. The van der Waals surface area contributed by atoms with Crippen molar-refractivity contribution >= 4 is 23.1 Å². The zero-order chi connectivity index (χ0) is 11.8. The minimum Gasteiger partial charge on any atom is -0.300 e. The van der Waals surface area contributed by atoms with Crippen LogP contribution in [0.15, 0.2) is 0 Å². The van der Waals surface area contributed by atoms with E-state index in [0.717, 1.165) is 0 Å². The molecule has 0 radical (unpaired) electrons. The number of carbonyl (C=O) groups excluding carboxylic acids is 4. The van der Waals surface area contributed by atoms with Crippen molar-refractivity contribution in [3.05, 3.63) is 0 Å². The van der Waals surface area contributed by atoms with Gasteiger partial charge in [-0.25, -0.2) is 0 Å². The van der Waals surface area contributed by atoms with Gasteiger partial charge in [0.2, 0.25) is 0 Å². The van der Waals surface area contributed by atoms with E-state index in [-0.39, 0.29) is 12.2 Å². The predicted molar refractivity (Wildman–Crippen MR) is 52.2 cm³/mol. The van der Waals surface area contributed by atoms with Crippen LogP contribution in [0.3, 0.4) is 0 Å². The van der Waals surface area contributed by atoms with E-state index in [2.05, 4.69) is 0 Å². The molecule has 0 N–H and O–H groups in total. The van der Waals surface area contributed by atoms with E-state index in [1.165, 1.54) is 20.8 Å². The van der Waals surface area contributed by atoms with Gasteiger partial charge in [-0.1, -0.05) is 0 Å². The summed E-state index contributed by atoms with van der Waals surface area (Å²) in [4.78, 5) is 46.1. The van der Waals surface area contributed by atoms with Crippen LogP contribution in [0.5, 0.6) is 0 Å². The van der Waals surface area contributed by atoms with Crippen LogP contribution in [0.2, 0.25) is 0 Å². The molecule has 1 aliphatic carbocycles. The van der Waals surface area contributed by atoms with Crippen LogP contribution >= 0.6 is 0 Å². The zero-order valence-electron chi connectivity index (χ0n) is 9.12. The van der Waals surface area contributed by atoms with E-state index >= 15 is 0 Å². The fraction of sp³-hybridized carbons (Fsp3) is 0.636. The van der Waals surface area contributed by atoms with Crippen molar-refractivity contribution in [3.63, 3.8) is 0 Å². The maximum Gasteiger partial charge on any atom is 0.154 e. The SMILES string of the molecule is CC(=O)C1CCC(=O)C1(C(C)=O)C(C)=O. The van der Waals surface area contributed by atoms with Gasteiger partial charge in [-0.15, -0.1) is 0 Å². The number of hydrogen-bond acceptors (Lipinski definition) is 4. The Bertz CT molecular complexity index is 340. The van der Waals surface area contributed by atoms with Crippen molar-refractivity contribution in [2.75, 3.05) is 0 Å². The molecular weight excluding hydrogens is 196 g/mol. The van der Waals surface area contributed by atoms with Gasteiger partial charge in [-0.05, 0) is 27.2 Å². The zero-order valence-corrected chi connectivity index (χ0v) is 9.12. The molecule has 0 heterocycles. The molecule has 0 spiro atoms. The summed E-state index contributed by atoms with van der Waals surface area (Å²) >= 11 is 0. The lowest BCUT2D eigenvalue weighted by atomic mass is 9.70. The van der Waals surface area contributed by atoms with Gasteiger partial charge in [0, 0.05) is 12.3 Å². The monoisotopic (exact) mass is 210 g/mol. The molecule has 0 saturated heterocycles. The molecule has 1 unspecified atom stereocenters. The summed E-state index contributed by atoms with van der Waals surface area (Å²) in [6.45, 7) is 3.74. The van der Waals surface area contributed by atoms with Crippen LogP contribution < -0.4 is 0 Å². The maximum absolute atomic E-state index is 11.7. The van der Waals surface area contributed by atoms with Crippen molar-refractivity contribution in [1.29, 1.82) is 0 Å². The summed E-state index contributed by atoms with van der Waals surface area (Å²) in [7, 11) is 0. The number of rotatable bonds is 3. The first-order valence-electron chi connectivity index (χ1n) is 4.91. The highest BCUT2D eigenvalue weighted by Gasteiger charge is 2.58. The first-order valence-corrected chi connectivity index (χ1v) is 4.91. The van der Waals surface area contributed by atoms with E-state index in [4.69, 9.17) is 0 Å². The standard InChI is InChI=1S/C11H14O4/c1-6(12)9-4-5-10(15)11(9,7(2)13)8(3)14/h9H,4-5H2,1-3H3. The van der Waals surface area contributed by atoms with Gasteiger partial charge in [-0.2, -0.15) is 0 Å². The molecule has 0 aromatic rings. The quantitative estimate of drug-likeness (QED) is 0.643. The summed E-state index contributed by atoms with van der Waals surface area (Å²) in [5.74, 6) is -2.41. The first kappa shape index (κ1) is 11.8. The fourth-order valence-electron chi connectivity index (χ4n) is 2.52. The van der Waals surface area contributed by atoms with Crippen LogP contribution in [0.25, 0.3) is 0 Å². The maximum atomic E-state index is 11.7. The molecule has 0 aromatic carbocycles. The minimum absolute atomic E-state index is 0.142. The third-order valence-corrected chi connectivity index (χ3v) is 3.22. The number of hydrogen-bond donors (Lipinski definition) is 0.